The third-order valence-corrected chi connectivity index (χ3v) is 3.97. The molecular formula is C18H29NO. The maximum absolute atomic E-state index is 11.9. The second-order valence-electron chi connectivity index (χ2n) is 6.45. The van der Waals surface area contributed by atoms with Gasteiger partial charge in [-0.2, -0.15) is 0 Å². The van der Waals surface area contributed by atoms with Crippen molar-refractivity contribution in [1.82, 2.24) is 5.32 Å². The lowest BCUT2D eigenvalue weighted by Gasteiger charge is -2.25. The monoisotopic (exact) mass is 275 g/mol. The minimum Gasteiger partial charge on any atom is -0.356 e. The lowest BCUT2D eigenvalue weighted by molar-refractivity contribution is -0.121. The first-order chi connectivity index (χ1) is 9.40. The molecule has 0 saturated heterocycles. The van der Waals surface area contributed by atoms with Crippen molar-refractivity contribution in [3.05, 3.63) is 35.4 Å². The standard InChI is InChI=1S/C18H29NO/c1-13(2)17(14(3)4)12-19-18(20)10-9-16-8-6-7-15(5)11-16/h6-8,11,13-14,17H,9-10,12H2,1-5H3,(H,19,20). The molecule has 0 saturated carbocycles. The molecule has 0 unspecified atom stereocenters. The molecule has 0 aliphatic carbocycles. The average Bonchev–Trinajstić information content (AvgIpc) is 2.35. The fourth-order valence-corrected chi connectivity index (χ4v) is 2.69. The minimum atomic E-state index is 0.165. The summed E-state index contributed by atoms with van der Waals surface area (Å²) in [6.07, 6.45) is 1.40. The van der Waals surface area contributed by atoms with E-state index in [0.29, 0.717) is 24.2 Å². The summed E-state index contributed by atoms with van der Waals surface area (Å²) in [5.41, 5.74) is 2.49. The molecule has 0 bridgehead atoms. The van der Waals surface area contributed by atoms with Gasteiger partial charge in [0.2, 0.25) is 5.91 Å². The number of nitrogens with one attached hydrogen (secondary N) is 1. The lowest BCUT2D eigenvalue weighted by Crippen LogP contribution is -2.34. The van der Waals surface area contributed by atoms with Crippen molar-refractivity contribution >= 4 is 5.91 Å². The Labute approximate surface area is 124 Å². The van der Waals surface area contributed by atoms with E-state index >= 15 is 0 Å². The molecular weight excluding hydrogens is 246 g/mol. The van der Waals surface area contributed by atoms with Crippen LogP contribution in [-0.2, 0) is 11.2 Å². The van der Waals surface area contributed by atoms with Crippen LogP contribution >= 0.6 is 0 Å². The van der Waals surface area contributed by atoms with Crippen molar-refractivity contribution in [2.45, 2.75) is 47.5 Å². The summed E-state index contributed by atoms with van der Waals surface area (Å²) in [6.45, 7) is 11.8. The number of carbonyl (C=O) groups excluding carboxylic acids is 1. The predicted molar refractivity (Wildman–Crippen MR) is 85.7 cm³/mol. The number of carbonyl (C=O) groups is 1. The van der Waals surface area contributed by atoms with Gasteiger partial charge in [-0.3, -0.25) is 4.79 Å². The number of hydrogen-bond acceptors (Lipinski definition) is 1. The highest BCUT2D eigenvalue weighted by Crippen LogP contribution is 2.19. The minimum absolute atomic E-state index is 0.165. The van der Waals surface area contributed by atoms with Gasteiger partial charge in [0.15, 0.2) is 0 Å². The molecule has 1 aromatic rings. The van der Waals surface area contributed by atoms with E-state index in [1.807, 2.05) is 0 Å². The van der Waals surface area contributed by atoms with Crippen LogP contribution in [-0.4, -0.2) is 12.5 Å². The van der Waals surface area contributed by atoms with Gasteiger partial charge in [-0.05, 0) is 36.7 Å². The van der Waals surface area contributed by atoms with Gasteiger partial charge in [0.05, 0.1) is 0 Å². The van der Waals surface area contributed by atoms with E-state index in [9.17, 15) is 4.79 Å². The van der Waals surface area contributed by atoms with Crippen molar-refractivity contribution in [3.8, 4) is 0 Å². The van der Waals surface area contributed by atoms with E-state index in [1.54, 1.807) is 0 Å². The van der Waals surface area contributed by atoms with E-state index < -0.39 is 0 Å². The number of aryl methyl sites for hydroxylation is 2. The smallest absolute Gasteiger partial charge is 0.220 e. The van der Waals surface area contributed by atoms with Crippen LogP contribution in [0.1, 0.15) is 45.2 Å². The Bertz CT molecular complexity index is 415. The van der Waals surface area contributed by atoms with Gasteiger partial charge in [0.1, 0.15) is 0 Å². The third kappa shape index (κ3) is 5.77. The molecule has 1 amide bonds. The molecule has 1 aromatic carbocycles. The molecule has 2 heteroatoms. The first-order valence-corrected chi connectivity index (χ1v) is 7.72. The fourth-order valence-electron chi connectivity index (χ4n) is 2.69. The van der Waals surface area contributed by atoms with Gasteiger partial charge in [-0.1, -0.05) is 57.5 Å². The summed E-state index contributed by atoms with van der Waals surface area (Å²) in [4.78, 5) is 11.9. The van der Waals surface area contributed by atoms with E-state index in [-0.39, 0.29) is 5.91 Å². The van der Waals surface area contributed by atoms with Crippen molar-refractivity contribution in [3.63, 3.8) is 0 Å². The molecule has 112 valence electrons. The van der Waals surface area contributed by atoms with Crippen LogP contribution in [0.2, 0.25) is 0 Å². The SMILES string of the molecule is Cc1cccc(CCC(=O)NCC(C(C)C)C(C)C)c1. The largest absolute Gasteiger partial charge is 0.356 e. The van der Waals surface area contributed by atoms with E-state index in [0.717, 1.165) is 13.0 Å². The van der Waals surface area contributed by atoms with Crippen LogP contribution in [0.5, 0.6) is 0 Å². The number of hydrogen-bond donors (Lipinski definition) is 1. The van der Waals surface area contributed by atoms with E-state index in [2.05, 4.69) is 64.2 Å². The summed E-state index contributed by atoms with van der Waals surface area (Å²) in [5, 5.41) is 3.09. The summed E-state index contributed by atoms with van der Waals surface area (Å²) < 4.78 is 0. The molecule has 20 heavy (non-hydrogen) atoms. The lowest BCUT2D eigenvalue weighted by atomic mass is 9.85. The summed E-state index contributed by atoms with van der Waals surface area (Å²) in [6, 6.07) is 8.37. The molecule has 0 radical (unpaired) electrons. The highest BCUT2D eigenvalue weighted by Gasteiger charge is 2.17. The molecule has 2 nitrogen and oxygen atoms in total. The Morgan fingerprint density at radius 1 is 1.15 bits per heavy atom. The Balaban J connectivity index is 2.37. The van der Waals surface area contributed by atoms with Gasteiger partial charge >= 0.3 is 0 Å². The van der Waals surface area contributed by atoms with Crippen LogP contribution in [0.4, 0.5) is 0 Å². The molecule has 0 aromatic heterocycles. The summed E-state index contributed by atoms with van der Waals surface area (Å²) in [5.74, 6) is 1.93. The van der Waals surface area contributed by atoms with E-state index in [4.69, 9.17) is 0 Å². The highest BCUT2D eigenvalue weighted by atomic mass is 16.1. The van der Waals surface area contributed by atoms with Crippen molar-refractivity contribution in [2.75, 3.05) is 6.54 Å². The molecule has 1 N–H and O–H groups in total. The third-order valence-electron chi connectivity index (χ3n) is 3.97. The molecule has 0 spiro atoms. The van der Waals surface area contributed by atoms with Gasteiger partial charge in [-0.25, -0.2) is 0 Å². The van der Waals surface area contributed by atoms with Crippen molar-refractivity contribution in [2.24, 2.45) is 17.8 Å². The zero-order valence-electron chi connectivity index (χ0n) is 13.6. The van der Waals surface area contributed by atoms with Gasteiger partial charge in [0.25, 0.3) is 0 Å². The molecule has 0 atom stereocenters. The highest BCUT2D eigenvalue weighted by molar-refractivity contribution is 5.76. The van der Waals surface area contributed by atoms with E-state index in [1.165, 1.54) is 11.1 Å². The quantitative estimate of drug-likeness (QED) is 0.801. The second kappa shape index (κ2) is 8.08. The molecule has 0 aliphatic rings. The average molecular weight is 275 g/mol. The second-order valence-corrected chi connectivity index (χ2v) is 6.45. The summed E-state index contributed by atoms with van der Waals surface area (Å²) >= 11 is 0. The van der Waals surface area contributed by atoms with Crippen LogP contribution in [0, 0.1) is 24.7 Å². The molecule has 0 aliphatic heterocycles. The maximum atomic E-state index is 11.9. The van der Waals surface area contributed by atoms with Crippen LogP contribution in [0.3, 0.4) is 0 Å². The van der Waals surface area contributed by atoms with Gasteiger partial charge in [-0.15, -0.1) is 0 Å². The Hall–Kier alpha value is -1.31. The Morgan fingerprint density at radius 2 is 1.80 bits per heavy atom. The zero-order valence-corrected chi connectivity index (χ0v) is 13.6. The number of rotatable bonds is 7. The molecule has 0 fully saturated rings. The van der Waals surface area contributed by atoms with Crippen molar-refractivity contribution < 1.29 is 4.79 Å². The number of amides is 1. The normalized spacial score (nSPS) is 11.4. The van der Waals surface area contributed by atoms with Gasteiger partial charge in [0, 0.05) is 13.0 Å². The maximum Gasteiger partial charge on any atom is 0.220 e. The molecule has 0 heterocycles. The first kappa shape index (κ1) is 16.7. The first-order valence-electron chi connectivity index (χ1n) is 7.72. The Morgan fingerprint density at radius 3 is 2.35 bits per heavy atom. The predicted octanol–water partition coefficient (Wildman–Crippen LogP) is 3.97. The molecule has 1 rings (SSSR count). The topological polar surface area (TPSA) is 29.1 Å². The fraction of sp³-hybridized carbons (Fsp3) is 0.611. The van der Waals surface area contributed by atoms with Crippen LogP contribution in [0.25, 0.3) is 0 Å². The van der Waals surface area contributed by atoms with Crippen molar-refractivity contribution in [1.29, 1.82) is 0 Å². The van der Waals surface area contributed by atoms with Crippen LogP contribution < -0.4 is 5.32 Å². The van der Waals surface area contributed by atoms with Gasteiger partial charge < -0.3 is 5.32 Å². The zero-order chi connectivity index (χ0) is 15.1. The van der Waals surface area contributed by atoms with Crippen LogP contribution in [0.15, 0.2) is 24.3 Å². The summed E-state index contributed by atoms with van der Waals surface area (Å²) in [7, 11) is 0. The number of benzene rings is 1. The Kier molecular flexibility index (Phi) is 6.77.